The fourth-order valence-electron chi connectivity index (χ4n) is 3.94. The summed E-state index contributed by atoms with van der Waals surface area (Å²) in [5, 5.41) is 18.6. The van der Waals surface area contributed by atoms with Gasteiger partial charge in [-0.15, -0.1) is 0 Å². The van der Waals surface area contributed by atoms with Gasteiger partial charge in [-0.2, -0.15) is 5.10 Å². The first-order valence-electron chi connectivity index (χ1n) is 10.1. The highest BCUT2D eigenvalue weighted by molar-refractivity contribution is 5.94. The van der Waals surface area contributed by atoms with Crippen molar-refractivity contribution in [3.63, 3.8) is 0 Å². The smallest absolute Gasteiger partial charge is 0.272 e. The minimum Gasteiger partial charge on any atom is -0.350 e. The number of rotatable bonds is 6. The number of hydrogen-bond donors (Lipinski definition) is 1. The standard InChI is InChI=1S/C22H23N5O3/c1-15-14-16(9-10-19(15)27(29)30)22(28)24-12-13-26-20-8-3-2-6-17(20)21(25-26)18-7-4-5-11-23-18/h4-5,7,9-11,14H,2-3,6,8,12-13H2,1H3,(H,24,28). The molecule has 0 saturated carbocycles. The Bertz CT molecular complexity index is 1090. The van der Waals surface area contributed by atoms with E-state index < -0.39 is 4.92 Å². The zero-order valence-electron chi connectivity index (χ0n) is 16.8. The number of fused-ring (bicyclic) bond motifs is 1. The molecule has 0 bridgehead atoms. The van der Waals surface area contributed by atoms with Crippen LogP contribution in [-0.2, 0) is 19.4 Å². The molecule has 0 radical (unpaired) electrons. The molecule has 1 aliphatic carbocycles. The van der Waals surface area contributed by atoms with Gasteiger partial charge in [0.25, 0.3) is 11.6 Å². The lowest BCUT2D eigenvalue weighted by molar-refractivity contribution is -0.385. The molecule has 1 aromatic carbocycles. The molecule has 0 spiro atoms. The molecule has 30 heavy (non-hydrogen) atoms. The number of nitro benzene ring substituents is 1. The van der Waals surface area contributed by atoms with Crippen molar-refractivity contribution in [2.24, 2.45) is 0 Å². The van der Waals surface area contributed by atoms with Crippen LogP contribution in [0.3, 0.4) is 0 Å². The summed E-state index contributed by atoms with van der Waals surface area (Å²) in [6.07, 6.45) is 6.03. The number of carbonyl (C=O) groups is 1. The minimum absolute atomic E-state index is 0.0109. The van der Waals surface area contributed by atoms with Gasteiger partial charge in [-0.25, -0.2) is 0 Å². The highest BCUT2D eigenvalue weighted by Gasteiger charge is 2.22. The van der Waals surface area contributed by atoms with Crippen LogP contribution in [0.5, 0.6) is 0 Å². The number of aromatic nitrogens is 3. The normalized spacial score (nSPS) is 13.0. The van der Waals surface area contributed by atoms with Crippen molar-refractivity contribution in [1.29, 1.82) is 0 Å². The van der Waals surface area contributed by atoms with E-state index in [1.54, 1.807) is 19.2 Å². The number of benzene rings is 1. The quantitative estimate of drug-likeness (QED) is 0.500. The summed E-state index contributed by atoms with van der Waals surface area (Å²) >= 11 is 0. The van der Waals surface area contributed by atoms with Crippen molar-refractivity contribution in [3.05, 3.63) is 75.1 Å². The Morgan fingerprint density at radius 3 is 2.80 bits per heavy atom. The van der Waals surface area contributed by atoms with Gasteiger partial charge in [-0.3, -0.25) is 24.6 Å². The third-order valence-corrected chi connectivity index (χ3v) is 5.43. The van der Waals surface area contributed by atoms with Crippen LogP contribution in [-0.4, -0.2) is 32.1 Å². The lowest BCUT2D eigenvalue weighted by Crippen LogP contribution is -2.28. The first kappa shape index (κ1) is 19.8. The molecule has 1 amide bonds. The summed E-state index contributed by atoms with van der Waals surface area (Å²) in [4.78, 5) is 27.4. The predicted octanol–water partition coefficient (Wildman–Crippen LogP) is 3.47. The van der Waals surface area contributed by atoms with Crippen molar-refractivity contribution in [2.45, 2.75) is 39.2 Å². The van der Waals surface area contributed by atoms with Crippen molar-refractivity contribution in [1.82, 2.24) is 20.1 Å². The van der Waals surface area contributed by atoms with Crippen LogP contribution < -0.4 is 5.32 Å². The van der Waals surface area contributed by atoms with Crippen LogP contribution in [0.4, 0.5) is 5.69 Å². The fourth-order valence-corrected chi connectivity index (χ4v) is 3.94. The molecule has 4 rings (SSSR count). The number of nitrogens with zero attached hydrogens (tertiary/aromatic N) is 4. The Morgan fingerprint density at radius 1 is 1.23 bits per heavy atom. The van der Waals surface area contributed by atoms with Crippen LogP contribution in [0.15, 0.2) is 42.6 Å². The summed E-state index contributed by atoms with van der Waals surface area (Å²) < 4.78 is 1.99. The van der Waals surface area contributed by atoms with Gasteiger partial charge < -0.3 is 5.32 Å². The number of hydrogen-bond acceptors (Lipinski definition) is 5. The van der Waals surface area contributed by atoms with Crippen LogP contribution in [0, 0.1) is 17.0 Å². The van der Waals surface area contributed by atoms with E-state index in [1.807, 2.05) is 22.9 Å². The average Bonchev–Trinajstić information content (AvgIpc) is 3.13. The van der Waals surface area contributed by atoms with E-state index in [0.717, 1.165) is 37.1 Å². The van der Waals surface area contributed by atoms with Gasteiger partial charge in [0.2, 0.25) is 0 Å². The maximum absolute atomic E-state index is 12.5. The topological polar surface area (TPSA) is 103 Å². The number of pyridine rings is 1. The number of nitrogens with one attached hydrogen (secondary N) is 1. The summed E-state index contributed by atoms with van der Waals surface area (Å²) in [5.74, 6) is -0.251. The Morgan fingerprint density at radius 2 is 2.07 bits per heavy atom. The van der Waals surface area contributed by atoms with Crippen molar-refractivity contribution in [3.8, 4) is 11.4 Å². The third kappa shape index (κ3) is 3.94. The largest absolute Gasteiger partial charge is 0.350 e. The fraction of sp³-hybridized carbons (Fsp3) is 0.318. The Kier molecular flexibility index (Phi) is 5.56. The first-order valence-corrected chi connectivity index (χ1v) is 10.1. The minimum atomic E-state index is -0.447. The number of amides is 1. The van der Waals surface area contributed by atoms with Gasteiger partial charge in [0.1, 0.15) is 5.69 Å². The molecule has 154 valence electrons. The molecule has 3 aromatic rings. The van der Waals surface area contributed by atoms with E-state index in [-0.39, 0.29) is 11.6 Å². The van der Waals surface area contributed by atoms with E-state index in [1.165, 1.54) is 23.4 Å². The first-order chi connectivity index (χ1) is 14.5. The molecule has 2 heterocycles. The van der Waals surface area contributed by atoms with Gasteiger partial charge in [0.15, 0.2) is 0 Å². The second kappa shape index (κ2) is 8.44. The third-order valence-electron chi connectivity index (χ3n) is 5.43. The Labute approximate surface area is 174 Å². The molecule has 1 aliphatic rings. The van der Waals surface area contributed by atoms with E-state index in [9.17, 15) is 14.9 Å². The predicted molar refractivity (Wildman–Crippen MR) is 112 cm³/mol. The maximum Gasteiger partial charge on any atom is 0.272 e. The molecule has 0 unspecified atom stereocenters. The van der Waals surface area contributed by atoms with Crippen LogP contribution in [0.1, 0.15) is 40.0 Å². The van der Waals surface area contributed by atoms with E-state index in [0.29, 0.717) is 24.2 Å². The average molecular weight is 405 g/mol. The number of carbonyl (C=O) groups excluding carboxylic acids is 1. The van der Waals surface area contributed by atoms with Crippen LogP contribution in [0.2, 0.25) is 0 Å². The van der Waals surface area contributed by atoms with Crippen molar-refractivity contribution < 1.29 is 9.72 Å². The number of nitro groups is 1. The number of aryl methyl sites for hydroxylation is 1. The summed E-state index contributed by atoms with van der Waals surface area (Å²) in [6.45, 7) is 2.61. The van der Waals surface area contributed by atoms with Crippen LogP contribution >= 0.6 is 0 Å². The molecule has 2 aromatic heterocycles. The second-order valence-electron chi connectivity index (χ2n) is 7.43. The molecule has 0 atom stereocenters. The zero-order valence-corrected chi connectivity index (χ0v) is 16.8. The van der Waals surface area contributed by atoms with Gasteiger partial charge in [-0.05, 0) is 56.9 Å². The van der Waals surface area contributed by atoms with Gasteiger partial charge >= 0.3 is 0 Å². The monoisotopic (exact) mass is 405 g/mol. The van der Waals surface area contributed by atoms with Crippen molar-refractivity contribution >= 4 is 11.6 Å². The van der Waals surface area contributed by atoms with E-state index >= 15 is 0 Å². The molecular formula is C22H23N5O3. The molecule has 0 fully saturated rings. The zero-order chi connectivity index (χ0) is 21.1. The molecule has 0 saturated heterocycles. The molecule has 8 nitrogen and oxygen atoms in total. The summed E-state index contributed by atoms with van der Waals surface area (Å²) in [6, 6.07) is 10.2. The Hall–Kier alpha value is -3.55. The molecule has 0 aliphatic heterocycles. The van der Waals surface area contributed by atoms with Gasteiger partial charge in [-0.1, -0.05) is 6.07 Å². The van der Waals surface area contributed by atoms with E-state index in [4.69, 9.17) is 5.10 Å². The lowest BCUT2D eigenvalue weighted by Gasteiger charge is -2.14. The van der Waals surface area contributed by atoms with Crippen LogP contribution in [0.25, 0.3) is 11.4 Å². The van der Waals surface area contributed by atoms with E-state index in [2.05, 4.69) is 10.3 Å². The lowest BCUT2D eigenvalue weighted by atomic mass is 9.95. The molecular weight excluding hydrogens is 382 g/mol. The Balaban J connectivity index is 1.47. The highest BCUT2D eigenvalue weighted by Crippen LogP contribution is 2.30. The maximum atomic E-state index is 12.5. The van der Waals surface area contributed by atoms with Crippen molar-refractivity contribution in [2.75, 3.05) is 6.54 Å². The summed E-state index contributed by atoms with van der Waals surface area (Å²) in [5.41, 5.74) is 5.18. The second-order valence-corrected chi connectivity index (χ2v) is 7.43. The molecule has 8 heteroatoms. The van der Waals surface area contributed by atoms with Gasteiger partial charge in [0.05, 0.1) is 17.2 Å². The SMILES string of the molecule is Cc1cc(C(=O)NCCn2nc(-c3ccccn3)c3c2CCCC3)ccc1[N+](=O)[O-]. The highest BCUT2D eigenvalue weighted by atomic mass is 16.6. The summed E-state index contributed by atoms with van der Waals surface area (Å²) in [7, 11) is 0. The van der Waals surface area contributed by atoms with Gasteiger partial charge in [0, 0.05) is 41.2 Å². The molecule has 1 N–H and O–H groups in total.